The van der Waals surface area contributed by atoms with E-state index in [1.807, 2.05) is 7.05 Å². The molecule has 0 aromatic rings. The SMILES string of the molecule is CNCCC1=CC=CCC=C1. The zero-order valence-electron chi connectivity index (χ0n) is 7.01. The van der Waals surface area contributed by atoms with Crippen LogP contribution in [-0.2, 0) is 0 Å². The molecule has 0 heterocycles. The maximum atomic E-state index is 3.14. The van der Waals surface area contributed by atoms with Crippen LogP contribution in [0.2, 0.25) is 0 Å². The number of nitrogens with one attached hydrogen (secondary N) is 1. The van der Waals surface area contributed by atoms with Crippen molar-refractivity contribution >= 4 is 0 Å². The van der Waals surface area contributed by atoms with Crippen molar-refractivity contribution in [2.75, 3.05) is 13.6 Å². The highest BCUT2D eigenvalue weighted by molar-refractivity contribution is 5.27. The molecule has 1 nitrogen and oxygen atoms in total. The Labute approximate surface area is 68.5 Å². The maximum absolute atomic E-state index is 3.14. The Morgan fingerprint density at radius 3 is 3.18 bits per heavy atom. The lowest BCUT2D eigenvalue weighted by atomic mass is 10.1. The molecule has 1 N–H and O–H groups in total. The van der Waals surface area contributed by atoms with Crippen molar-refractivity contribution in [2.45, 2.75) is 12.8 Å². The lowest BCUT2D eigenvalue weighted by Crippen LogP contribution is -2.07. The fraction of sp³-hybridized carbons (Fsp3) is 0.400. The van der Waals surface area contributed by atoms with Gasteiger partial charge < -0.3 is 5.32 Å². The van der Waals surface area contributed by atoms with E-state index in [1.165, 1.54) is 5.57 Å². The Morgan fingerprint density at radius 1 is 1.45 bits per heavy atom. The van der Waals surface area contributed by atoms with Crippen LogP contribution >= 0.6 is 0 Å². The fourth-order valence-corrected chi connectivity index (χ4v) is 1.06. The van der Waals surface area contributed by atoms with Crippen molar-refractivity contribution in [3.05, 3.63) is 36.0 Å². The number of hydrogen-bond acceptors (Lipinski definition) is 1. The zero-order valence-corrected chi connectivity index (χ0v) is 7.01. The van der Waals surface area contributed by atoms with Gasteiger partial charge in [-0.15, -0.1) is 0 Å². The molecule has 1 rings (SSSR count). The van der Waals surface area contributed by atoms with Gasteiger partial charge >= 0.3 is 0 Å². The van der Waals surface area contributed by atoms with Crippen LogP contribution in [-0.4, -0.2) is 13.6 Å². The summed E-state index contributed by atoms with van der Waals surface area (Å²) in [7, 11) is 1.98. The minimum atomic E-state index is 1.06. The van der Waals surface area contributed by atoms with Gasteiger partial charge in [-0.25, -0.2) is 0 Å². The molecule has 1 aliphatic carbocycles. The van der Waals surface area contributed by atoms with Crippen LogP contribution in [0.25, 0.3) is 0 Å². The molecule has 0 aromatic carbocycles. The van der Waals surface area contributed by atoms with Crippen molar-refractivity contribution in [3.8, 4) is 0 Å². The van der Waals surface area contributed by atoms with E-state index in [9.17, 15) is 0 Å². The topological polar surface area (TPSA) is 12.0 Å². The first-order chi connectivity index (χ1) is 5.43. The minimum Gasteiger partial charge on any atom is -0.319 e. The van der Waals surface area contributed by atoms with E-state index >= 15 is 0 Å². The summed E-state index contributed by atoms with van der Waals surface area (Å²) in [5.74, 6) is 0. The first-order valence-corrected chi connectivity index (χ1v) is 4.10. The van der Waals surface area contributed by atoms with Gasteiger partial charge in [0.1, 0.15) is 0 Å². The Morgan fingerprint density at radius 2 is 2.36 bits per heavy atom. The van der Waals surface area contributed by atoms with Crippen LogP contribution in [0.5, 0.6) is 0 Å². The van der Waals surface area contributed by atoms with Gasteiger partial charge in [-0.3, -0.25) is 0 Å². The van der Waals surface area contributed by atoms with Gasteiger partial charge in [-0.1, -0.05) is 30.4 Å². The molecule has 0 fully saturated rings. The third-order valence-corrected chi connectivity index (χ3v) is 1.71. The first kappa shape index (κ1) is 8.28. The number of allylic oxidation sites excluding steroid dienone is 5. The van der Waals surface area contributed by atoms with Crippen molar-refractivity contribution in [2.24, 2.45) is 0 Å². The normalized spacial score (nSPS) is 16.3. The number of hydrogen-bond donors (Lipinski definition) is 1. The molecule has 0 saturated carbocycles. The second-order valence-electron chi connectivity index (χ2n) is 2.66. The summed E-state index contributed by atoms with van der Waals surface area (Å²) in [5, 5.41) is 3.14. The van der Waals surface area contributed by atoms with E-state index < -0.39 is 0 Å². The van der Waals surface area contributed by atoms with E-state index in [0.717, 1.165) is 19.4 Å². The maximum Gasteiger partial charge on any atom is -0.00114 e. The average Bonchev–Trinajstić information content (AvgIpc) is 2.28. The fourth-order valence-electron chi connectivity index (χ4n) is 1.06. The molecule has 1 heteroatoms. The third-order valence-electron chi connectivity index (χ3n) is 1.71. The second-order valence-corrected chi connectivity index (χ2v) is 2.66. The van der Waals surface area contributed by atoms with E-state index in [0.29, 0.717) is 0 Å². The molecule has 0 unspecified atom stereocenters. The highest BCUT2D eigenvalue weighted by Gasteiger charge is 1.91. The Kier molecular flexibility index (Phi) is 3.70. The number of rotatable bonds is 3. The monoisotopic (exact) mass is 149 g/mol. The molecule has 0 bridgehead atoms. The van der Waals surface area contributed by atoms with E-state index in [2.05, 4.69) is 35.7 Å². The van der Waals surface area contributed by atoms with Gasteiger partial charge in [0.2, 0.25) is 0 Å². The smallest absolute Gasteiger partial charge is 0.00114 e. The molecular formula is C10H15N. The summed E-state index contributed by atoms with van der Waals surface area (Å²) in [5.41, 5.74) is 1.41. The molecule has 0 spiro atoms. The molecule has 0 aromatic heterocycles. The Bertz CT molecular complexity index is 187. The van der Waals surface area contributed by atoms with Crippen LogP contribution < -0.4 is 5.32 Å². The van der Waals surface area contributed by atoms with Gasteiger partial charge in [-0.2, -0.15) is 0 Å². The van der Waals surface area contributed by atoms with Crippen molar-refractivity contribution < 1.29 is 0 Å². The molecule has 11 heavy (non-hydrogen) atoms. The van der Waals surface area contributed by atoms with Gasteiger partial charge in [-0.05, 0) is 32.0 Å². The van der Waals surface area contributed by atoms with Crippen molar-refractivity contribution in [1.82, 2.24) is 5.32 Å². The van der Waals surface area contributed by atoms with Gasteiger partial charge in [0, 0.05) is 0 Å². The highest BCUT2D eigenvalue weighted by atomic mass is 14.8. The third kappa shape index (κ3) is 3.19. The zero-order chi connectivity index (χ0) is 7.94. The lowest BCUT2D eigenvalue weighted by molar-refractivity contribution is 0.794. The first-order valence-electron chi connectivity index (χ1n) is 4.10. The molecule has 60 valence electrons. The van der Waals surface area contributed by atoms with Crippen LogP contribution in [0.4, 0.5) is 0 Å². The largest absolute Gasteiger partial charge is 0.319 e. The predicted octanol–water partition coefficient (Wildman–Crippen LogP) is 2.04. The standard InChI is InChI=1S/C10H15N/c1-11-9-8-10-6-4-2-3-5-7-10/h2,4-7,11H,3,8-9H2,1H3. The summed E-state index contributed by atoms with van der Waals surface area (Å²) >= 11 is 0. The molecule has 0 amide bonds. The van der Waals surface area contributed by atoms with Crippen molar-refractivity contribution in [3.63, 3.8) is 0 Å². The molecule has 0 saturated heterocycles. The molecule has 0 atom stereocenters. The average molecular weight is 149 g/mol. The Hall–Kier alpha value is -0.820. The molecule has 0 radical (unpaired) electrons. The quantitative estimate of drug-likeness (QED) is 0.647. The highest BCUT2D eigenvalue weighted by Crippen LogP contribution is 2.07. The van der Waals surface area contributed by atoms with Crippen LogP contribution in [0, 0.1) is 0 Å². The summed E-state index contributed by atoms with van der Waals surface area (Å²) in [6.45, 7) is 1.06. The van der Waals surface area contributed by atoms with Gasteiger partial charge in [0.15, 0.2) is 0 Å². The van der Waals surface area contributed by atoms with Crippen LogP contribution in [0.15, 0.2) is 36.0 Å². The summed E-state index contributed by atoms with van der Waals surface area (Å²) in [4.78, 5) is 0. The summed E-state index contributed by atoms with van der Waals surface area (Å²) in [6.07, 6.45) is 13.1. The summed E-state index contributed by atoms with van der Waals surface area (Å²) < 4.78 is 0. The lowest BCUT2D eigenvalue weighted by Gasteiger charge is -1.98. The summed E-state index contributed by atoms with van der Waals surface area (Å²) in [6, 6.07) is 0. The van der Waals surface area contributed by atoms with E-state index in [-0.39, 0.29) is 0 Å². The Balaban J connectivity index is 2.42. The minimum absolute atomic E-state index is 1.06. The van der Waals surface area contributed by atoms with E-state index in [1.54, 1.807) is 0 Å². The van der Waals surface area contributed by atoms with Crippen LogP contribution in [0.1, 0.15) is 12.8 Å². The predicted molar refractivity (Wildman–Crippen MR) is 49.5 cm³/mol. The van der Waals surface area contributed by atoms with Gasteiger partial charge in [0.05, 0.1) is 0 Å². The van der Waals surface area contributed by atoms with E-state index in [4.69, 9.17) is 0 Å². The molecular weight excluding hydrogens is 134 g/mol. The van der Waals surface area contributed by atoms with Crippen LogP contribution in [0.3, 0.4) is 0 Å². The van der Waals surface area contributed by atoms with Crippen molar-refractivity contribution in [1.29, 1.82) is 0 Å². The van der Waals surface area contributed by atoms with Gasteiger partial charge in [0.25, 0.3) is 0 Å². The molecule has 0 aliphatic heterocycles. The molecule has 1 aliphatic rings. The second kappa shape index (κ2) is 4.91.